The molecule has 0 saturated carbocycles. The third kappa shape index (κ3) is 5.07. The highest BCUT2D eigenvalue weighted by molar-refractivity contribution is 8.26. The maximum Gasteiger partial charge on any atom is 0.251 e. The number of carbonyl (C=O) groups excluding carboxylic acids is 1. The Morgan fingerprint density at radius 1 is 1.32 bits per heavy atom. The van der Waals surface area contributed by atoms with Crippen LogP contribution >= 0.6 is 10.6 Å². The van der Waals surface area contributed by atoms with E-state index in [-0.39, 0.29) is 23.1 Å². The highest BCUT2D eigenvalue weighted by atomic mass is 32.3. The summed E-state index contributed by atoms with van der Waals surface area (Å²) in [7, 11) is 0.433. The first-order chi connectivity index (χ1) is 13.1. The SMILES string of the molecule is COCC(C)(C)c1cc(NC(=O)C(C)(C)S(O)(CC2CCOCC2)OC)on1. The lowest BCUT2D eigenvalue weighted by atomic mass is 9.90. The molecule has 1 saturated heterocycles. The minimum Gasteiger partial charge on any atom is -0.384 e. The number of hydrogen-bond donors (Lipinski definition) is 2. The van der Waals surface area contributed by atoms with Gasteiger partial charge in [0.25, 0.3) is 5.91 Å². The third-order valence-electron chi connectivity index (χ3n) is 5.37. The summed E-state index contributed by atoms with van der Waals surface area (Å²) >= 11 is 0. The monoisotopic (exact) mass is 418 g/mol. The number of amides is 1. The molecule has 162 valence electrons. The van der Waals surface area contributed by atoms with Crippen LogP contribution in [0.5, 0.6) is 0 Å². The number of aromatic nitrogens is 1. The van der Waals surface area contributed by atoms with E-state index in [0.29, 0.717) is 31.3 Å². The van der Waals surface area contributed by atoms with E-state index in [1.807, 2.05) is 13.8 Å². The van der Waals surface area contributed by atoms with E-state index in [2.05, 4.69) is 10.5 Å². The molecule has 1 fully saturated rings. The second kappa shape index (κ2) is 9.13. The van der Waals surface area contributed by atoms with Crippen LogP contribution in [0.15, 0.2) is 10.6 Å². The van der Waals surface area contributed by atoms with E-state index in [1.165, 1.54) is 7.11 Å². The number of anilines is 1. The Morgan fingerprint density at radius 3 is 2.54 bits per heavy atom. The van der Waals surface area contributed by atoms with Crippen molar-refractivity contribution in [1.29, 1.82) is 0 Å². The van der Waals surface area contributed by atoms with Gasteiger partial charge in [0.1, 0.15) is 4.75 Å². The van der Waals surface area contributed by atoms with Crippen molar-refractivity contribution in [3.05, 3.63) is 11.8 Å². The molecule has 0 radical (unpaired) electrons. The van der Waals surface area contributed by atoms with Crippen molar-refractivity contribution in [2.75, 3.05) is 45.1 Å². The fourth-order valence-electron chi connectivity index (χ4n) is 3.21. The molecule has 0 bridgehead atoms. The second-order valence-electron chi connectivity index (χ2n) is 8.39. The molecular weight excluding hydrogens is 384 g/mol. The van der Waals surface area contributed by atoms with Crippen molar-refractivity contribution < 1.29 is 27.5 Å². The second-order valence-corrected chi connectivity index (χ2v) is 11.4. The van der Waals surface area contributed by atoms with Gasteiger partial charge < -0.3 is 14.0 Å². The molecule has 1 unspecified atom stereocenters. The molecule has 2 heterocycles. The molecule has 1 atom stereocenters. The van der Waals surface area contributed by atoms with Crippen molar-refractivity contribution >= 4 is 22.4 Å². The summed E-state index contributed by atoms with van der Waals surface area (Å²) in [4.78, 5) is 13.0. The molecule has 1 aromatic rings. The Kier molecular flexibility index (Phi) is 7.55. The fourth-order valence-corrected chi connectivity index (χ4v) is 5.49. The van der Waals surface area contributed by atoms with Crippen LogP contribution < -0.4 is 5.32 Å². The molecule has 1 aliphatic heterocycles. The van der Waals surface area contributed by atoms with Crippen molar-refractivity contribution in [3.63, 3.8) is 0 Å². The summed E-state index contributed by atoms with van der Waals surface area (Å²) in [6, 6.07) is 1.69. The Labute approximate surface area is 169 Å². The molecule has 2 N–H and O–H groups in total. The van der Waals surface area contributed by atoms with E-state index in [1.54, 1.807) is 27.0 Å². The van der Waals surface area contributed by atoms with Gasteiger partial charge >= 0.3 is 0 Å². The zero-order chi connectivity index (χ0) is 21.0. The maximum atomic E-state index is 13.0. The predicted octanol–water partition coefficient (Wildman–Crippen LogP) is 3.58. The van der Waals surface area contributed by atoms with Crippen LogP contribution in [0.3, 0.4) is 0 Å². The number of rotatable bonds is 9. The van der Waals surface area contributed by atoms with Gasteiger partial charge in [-0.2, -0.15) is 10.6 Å². The van der Waals surface area contributed by atoms with E-state index >= 15 is 0 Å². The lowest BCUT2D eigenvalue weighted by molar-refractivity contribution is -0.118. The average Bonchev–Trinajstić information content (AvgIpc) is 3.11. The predicted molar refractivity (Wildman–Crippen MR) is 110 cm³/mol. The van der Waals surface area contributed by atoms with Crippen molar-refractivity contribution in [1.82, 2.24) is 5.16 Å². The minimum absolute atomic E-state index is 0.237. The molecule has 0 aromatic carbocycles. The van der Waals surface area contributed by atoms with Crippen LogP contribution in [0.2, 0.25) is 0 Å². The maximum absolute atomic E-state index is 13.0. The van der Waals surface area contributed by atoms with Gasteiger partial charge in [0.05, 0.1) is 19.4 Å². The van der Waals surface area contributed by atoms with E-state index < -0.39 is 15.3 Å². The quantitative estimate of drug-likeness (QED) is 0.632. The summed E-state index contributed by atoms with van der Waals surface area (Å²) in [6.07, 6.45) is 1.72. The summed E-state index contributed by atoms with van der Waals surface area (Å²) in [6.45, 7) is 9.18. The van der Waals surface area contributed by atoms with Gasteiger partial charge in [-0.15, -0.1) is 0 Å². The standard InChI is InChI=1S/C19H34N2O6S/c1-18(2,13-24-5)15-11-16(27-21-15)20-17(22)19(3,4)28(23,25-6)12-14-7-9-26-10-8-14/h11,14,23H,7-10,12-13H2,1-6H3,(H,20,22). The van der Waals surface area contributed by atoms with Gasteiger partial charge in [-0.1, -0.05) is 19.0 Å². The molecule has 2 rings (SSSR count). The lowest BCUT2D eigenvalue weighted by Crippen LogP contribution is -2.44. The van der Waals surface area contributed by atoms with Crippen molar-refractivity contribution in [2.45, 2.75) is 50.7 Å². The van der Waals surface area contributed by atoms with Crippen LogP contribution in [-0.2, 0) is 23.9 Å². The number of carbonyl (C=O) groups is 1. The first-order valence-electron chi connectivity index (χ1n) is 9.49. The zero-order valence-electron chi connectivity index (χ0n) is 17.7. The van der Waals surface area contributed by atoms with Crippen molar-refractivity contribution in [3.8, 4) is 0 Å². The first kappa shape index (κ1) is 23.2. The largest absolute Gasteiger partial charge is 0.384 e. The lowest BCUT2D eigenvalue weighted by Gasteiger charge is -2.50. The molecule has 1 aliphatic rings. The van der Waals surface area contributed by atoms with Gasteiger partial charge in [-0.25, -0.2) is 0 Å². The first-order valence-corrected chi connectivity index (χ1v) is 11.2. The van der Waals surface area contributed by atoms with E-state index in [9.17, 15) is 9.35 Å². The number of nitrogens with one attached hydrogen (secondary N) is 1. The van der Waals surface area contributed by atoms with E-state index in [4.69, 9.17) is 18.2 Å². The molecule has 1 aromatic heterocycles. The van der Waals surface area contributed by atoms with Gasteiger partial charge in [0.2, 0.25) is 5.88 Å². The summed E-state index contributed by atoms with van der Waals surface area (Å²) < 4.78 is 31.5. The molecule has 1 amide bonds. The highest BCUT2D eigenvalue weighted by Crippen LogP contribution is 2.58. The molecule has 8 nitrogen and oxygen atoms in total. The van der Waals surface area contributed by atoms with Crippen LogP contribution in [0, 0.1) is 5.92 Å². The zero-order valence-corrected chi connectivity index (χ0v) is 18.6. The average molecular weight is 419 g/mol. The van der Waals surface area contributed by atoms with Gasteiger partial charge in [-0.05, 0) is 32.6 Å². The summed E-state index contributed by atoms with van der Waals surface area (Å²) in [5.74, 6) is 0.579. The Hall–Kier alpha value is -1.13. The van der Waals surface area contributed by atoms with Gasteiger partial charge in [0, 0.05) is 37.6 Å². The number of methoxy groups -OCH3 is 1. The fraction of sp³-hybridized carbons (Fsp3) is 0.789. The normalized spacial score (nSPS) is 19.8. The minimum atomic E-state index is -2.65. The Bertz CT molecular complexity index is 657. The van der Waals surface area contributed by atoms with Crippen LogP contribution in [0.25, 0.3) is 0 Å². The molecule has 9 heteroatoms. The van der Waals surface area contributed by atoms with Crippen molar-refractivity contribution in [2.24, 2.45) is 5.92 Å². The molecular formula is C19H34N2O6S. The van der Waals surface area contributed by atoms with Gasteiger partial charge in [-0.3, -0.25) is 18.8 Å². The Morgan fingerprint density at radius 2 is 1.96 bits per heavy atom. The van der Waals surface area contributed by atoms with Crippen LogP contribution in [0.4, 0.5) is 5.88 Å². The van der Waals surface area contributed by atoms with E-state index in [0.717, 1.165) is 12.8 Å². The smallest absolute Gasteiger partial charge is 0.251 e. The van der Waals surface area contributed by atoms with Crippen LogP contribution in [-0.4, -0.2) is 60.2 Å². The van der Waals surface area contributed by atoms with Crippen LogP contribution in [0.1, 0.15) is 46.2 Å². The summed E-state index contributed by atoms with van der Waals surface area (Å²) in [5, 5.41) is 6.79. The number of ether oxygens (including phenoxy) is 2. The number of nitrogens with zero attached hydrogens (tertiary/aromatic N) is 1. The van der Waals surface area contributed by atoms with Gasteiger partial charge in [0.15, 0.2) is 0 Å². The summed E-state index contributed by atoms with van der Waals surface area (Å²) in [5.41, 5.74) is 0.331. The Balaban J connectivity index is 2.11. The molecule has 0 aliphatic carbocycles. The number of hydrogen-bond acceptors (Lipinski definition) is 7. The molecule has 0 spiro atoms. The highest BCUT2D eigenvalue weighted by Gasteiger charge is 2.44. The third-order valence-corrected chi connectivity index (χ3v) is 8.62. The topological polar surface area (TPSA) is 103 Å². The molecule has 28 heavy (non-hydrogen) atoms.